The van der Waals surface area contributed by atoms with E-state index in [4.69, 9.17) is 4.74 Å². The fourth-order valence-corrected chi connectivity index (χ4v) is 3.36. The van der Waals surface area contributed by atoms with E-state index >= 15 is 0 Å². The predicted octanol–water partition coefficient (Wildman–Crippen LogP) is 3.53. The summed E-state index contributed by atoms with van der Waals surface area (Å²) in [6.07, 6.45) is 0. The number of methoxy groups -OCH3 is 1. The molecule has 0 fully saturated rings. The Kier molecular flexibility index (Phi) is 5.96. The Bertz CT molecular complexity index is 1120. The fraction of sp³-hybridized carbons (Fsp3) is 0.318. The van der Waals surface area contributed by atoms with E-state index in [-0.39, 0.29) is 23.8 Å². The molecule has 0 atom stereocenters. The van der Waals surface area contributed by atoms with E-state index < -0.39 is 5.82 Å². The number of carbonyl (C=O) groups excluding carboxylic acids is 1. The lowest BCUT2D eigenvalue weighted by Crippen LogP contribution is -2.30. The van der Waals surface area contributed by atoms with E-state index in [1.54, 1.807) is 46.7 Å². The van der Waals surface area contributed by atoms with Crippen LogP contribution in [0.3, 0.4) is 0 Å². The third-order valence-corrected chi connectivity index (χ3v) is 4.93. The summed E-state index contributed by atoms with van der Waals surface area (Å²) in [5.74, 6) is -0.475. The van der Waals surface area contributed by atoms with Crippen LogP contribution in [-0.4, -0.2) is 34.0 Å². The van der Waals surface area contributed by atoms with E-state index in [9.17, 15) is 14.0 Å². The van der Waals surface area contributed by atoms with Crippen LogP contribution in [-0.2, 0) is 13.1 Å². The van der Waals surface area contributed by atoms with Gasteiger partial charge in [0.05, 0.1) is 18.1 Å². The Hall–Kier alpha value is -3.22. The third-order valence-electron chi connectivity index (χ3n) is 4.93. The van der Waals surface area contributed by atoms with Crippen LogP contribution in [0, 0.1) is 12.7 Å². The molecule has 0 aliphatic heterocycles. The maximum absolute atomic E-state index is 14.0. The highest BCUT2D eigenvalue weighted by molar-refractivity contribution is 5.97. The normalized spacial score (nSPS) is 10.9. The van der Waals surface area contributed by atoms with Crippen molar-refractivity contribution in [2.75, 3.05) is 13.7 Å². The first kappa shape index (κ1) is 20.5. The molecule has 0 N–H and O–H groups in total. The Morgan fingerprint density at radius 1 is 1.21 bits per heavy atom. The third kappa shape index (κ3) is 3.99. The number of ether oxygens (including phenoxy) is 1. The first-order valence-electron chi connectivity index (χ1n) is 9.52. The van der Waals surface area contributed by atoms with Crippen LogP contribution < -0.4 is 10.3 Å². The summed E-state index contributed by atoms with van der Waals surface area (Å²) in [5.41, 5.74) is 2.71. The molecule has 0 spiro atoms. The molecule has 0 aliphatic carbocycles. The van der Waals surface area contributed by atoms with Crippen LogP contribution in [0.4, 0.5) is 4.39 Å². The number of carbonyl (C=O) groups is 1. The van der Waals surface area contributed by atoms with Crippen molar-refractivity contribution in [3.05, 3.63) is 69.4 Å². The molecule has 7 heteroatoms. The molecule has 1 aromatic heterocycles. The summed E-state index contributed by atoms with van der Waals surface area (Å²) in [6.45, 7) is 6.69. The SMILES string of the molecule is CCN(Cc1ccc(OC)c(F)c1)C(=O)c1ccc2c(c1)nc(C)c(=O)n2CC. The molecule has 0 bridgehead atoms. The van der Waals surface area contributed by atoms with Crippen molar-refractivity contribution in [1.29, 1.82) is 0 Å². The average Bonchev–Trinajstić information content (AvgIpc) is 2.72. The van der Waals surface area contributed by atoms with E-state index in [0.29, 0.717) is 40.9 Å². The number of fused-ring (bicyclic) bond motifs is 1. The molecule has 0 unspecified atom stereocenters. The van der Waals surface area contributed by atoms with Crippen molar-refractivity contribution >= 4 is 16.9 Å². The minimum absolute atomic E-state index is 0.129. The zero-order chi connectivity index (χ0) is 21.1. The van der Waals surface area contributed by atoms with Gasteiger partial charge in [-0.2, -0.15) is 0 Å². The minimum atomic E-state index is -0.462. The van der Waals surface area contributed by atoms with Crippen LogP contribution in [0.5, 0.6) is 5.75 Å². The van der Waals surface area contributed by atoms with Gasteiger partial charge in [0.15, 0.2) is 11.6 Å². The Morgan fingerprint density at radius 2 is 1.97 bits per heavy atom. The molecule has 3 rings (SSSR count). The monoisotopic (exact) mass is 397 g/mol. The molecule has 0 saturated heterocycles. The average molecular weight is 397 g/mol. The Morgan fingerprint density at radius 3 is 2.59 bits per heavy atom. The smallest absolute Gasteiger partial charge is 0.272 e. The highest BCUT2D eigenvalue weighted by Gasteiger charge is 2.17. The van der Waals surface area contributed by atoms with E-state index in [1.807, 2.05) is 13.8 Å². The first-order valence-corrected chi connectivity index (χ1v) is 9.52. The second kappa shape index (κ2) is 8.43. The van der Waals surface area contributed by atoms with Crippen molar-refractivity contribution in [3.8, 4) is 5.75 Å². The standard InChI is InChI=1S/C22H24FN3O3/c1-5-25(13-15-7-10-20(29-4)17(23)11-15)22(28)16-8-9-19-18(12-16)24-14(3)21(27)26(19)6-2/h7-12H,5-6,13H2,1-4H3. The van der Waals surface area contributed by atoms with Gasteiger partial charge in [0, 0.05) is 25.2 Å². The van der Waals surface area contributed by atoms with Crippen LogP contribution in [0.2, 0.25) is 0 Å². The van der Waals surface area contributed by atoms with Crippen LogP contribution in [0.15, 0.2) is 41.2 Å². The second-order valence-corrected chi connectivity index (χ2v) is 6.74. The number of nitrogens with zero attached hydrogens (tertiary/aromatic N) is 3. The Labute approximate surface area is 168 Å². The highest BCUT2D eigenvalue weighted by atomic mass is 19.1. The van der Waals surface area contributed by atoms with Crippen LogP contribution >= 0.6 is 0 Å². The van der Waals surface area contributed by atoms with Crippen molar-refractivity contribution in [3.63, 3.8) is 0 Å². The highest BCUT2D eigenvalue weighted by Crippen LogP contribution is 2.20. The summed E-state index contributed by atoms with van der Waals surface area (Å²) >= 11 is 0. The summed E-state index contributed by atoms with van der Waals surface area (Å²) in [6, 6.07) is 9.82. The molecule has 1 heterocycles. The molecular formula is C22H24FN3O3. The van der Waals surface area contributed by atoms with Crippen LogP contribution in [0.1, 0.15) is 35.5 Å². The van der Waals surface area contributed by atoms with Crippen molar-refractivity contribution in [2.45, 2.75) is 33.9 Å². The fourth-order valence-electron chi connectivity index (χ4n) is 3.36. The molecule has 152 valence electrons. The molecule has 2 aromatic carbocycles. The predicted molar refractivity (Wildman–Crippen MR) is 110 cm³/mol. The van der Waals surface area contributed by atoms with Crippen molar-refractivity contribution in [1.82, 2.24) is 14.5 Å². The maximum atomic E-state index is 14.0. The van der Waals surface area contributed by atoms with Gasteiger partial charge < -0.3 is 14.2 Å². The first-order chi connectivity index (χ1) is 13.9. The summed E-state index contributed by atoms with van der Waals surface area (Å²) in [7, 11) is 1.41. The number of hydrogen-bond donors (Lipinski definition) is 0. The lowest BCUT2D eigenvalue weighted by atomic mass is 10.1. The van der Waals surface area contributed by atoms with Gasteiger partial charge in [0.1, 0.15) is 5.69 Å². The van der Waals surface area contributed by atoms with E-state index in [2.05, 4.69) is 4.98 Å². The summed E-state index contributed by atoms with van der Waals surface area (Å²) < 4.78 is 20.6. The molecule has 0 aliphatic rings. The van der Waals surface area contributed by atoms with Gasteiger partial charge >= 0.3 is 0 Å². The maximum Gasteiger partial charge on any atom is 0.272 e. The van der Waals surface area contributed by atoms with E-state index in [0.717, 1.165) is 0 Å². The van der Waals surface area contributed by atoms with Crippen molar-refractivity contribution in [2.24, 2.45) is 0 Å². The largest absolute Gasteiger partial charge is 0.494 e. The van der Waals surface area contributed by atoms with Crippen molar-refractivity contribution < 1.29 is 13.9 Å². The van der Waals surface area contributed by atoms with Gasteiger partial charge in [0.2, 0.25) is 0 Å². The molecular weight excluding hydrogens is 373 g/mol. The number of halogens is 1. The topological polar surface area (TPSA) is 64.4 Å². The Balaban J connectivity index is 1.93. The summed E-state index contributed by atoms with van der Waals surface area (Å²) in [5, 5.41) is 0. The van der Waals surface area contributed by atoms with Gasteiger partial charge in [-0.25, -0.2) is 9.37 Å². The lowest BCUT2D eigenvalue weighted by molar-refractivity contribution is 0.0752. The number of benzene rings is 2. The van der Waals surface area contributed by atoms with Gasteiger partial charge in [-0.05, 0) is 56.7 Å². The minimum Gasteiger partial charge on any atom is -0.494 e. The molecule has 3 aromatic rings. The van der Waals surface area contributed by atoms with E-state index in [1.165, 1.54) is 13.2 Å². The van der Waals surface area contributed by atoms with Gasteiger partial charge in [0.25, 0.3) is 11.5 Å². The molecule has 6 nitrogen and oxygen atoms in total. The quantitative estimate of drug-likeness (QED) is 0.638. The molecule has 1 amide bonds. The second-order valence-electron chi connectivity index (χ2n) is 6.74. The van der Waals surface area contributed by atoms with Gasteiger partial charge in [-0.15, -0.1) is 0 Å². The number of rotatable bonds is 6. The number of aryl methyl sites for hydroxylation is 2. The summed E-state index contributed by atoms with van der Waals surface area (Å²) in [4.78, 5) is 31.3. The zero-order valence-electron chi connectivity index (χ0n) is 17.0. The number of hydrogen-bond acceptors (Lipinski definition) is 4. The molecule has 0 saturated carbocycles. The lowest BCUT2D eigenvalue weighted by Gasteiger charge is -2.21. The number of aromatic nitrogens is 2. The molecule has 0 radical (unpaired) electrons. The van der Waals surface area contributed by atoms with Gasteiger partial charge in [-0.3, -0.25) is 9.59 Å². The zero-order valence-corrected chi connectivity index (χ0v) is 17.0. The van der Waals surface area contributed by atoms with Crippen LogP contribution in [0.25, 0.3) is 11.0 Å². The molecule has 29 heavy (non-hydrogen) atoms. The van der Waals surface area contributed by atoms with Gasteiger partial charge in [-0.1, -0.05) is 6.07 Å². The number of amides is 1.